The van der Waals surface area contributed by atoms with Crippen LogP contribution in [0.5, 0.6) is 5.75 Å². The second-order valence-electron chi connectivity index (χ2n) is 8.49. The Kier molecular flexibility index (Phi) is 7.13. The van der Waals surface area contributed by atoms with E-state index in [9.17, 15) is 18.5 Å². The minimum Gasteiger partial charge on any atom is -0.495 e. The summed E-state index contributed by atoms with van der Waals surface area (Å²) >= 11 is 1.67. The zero-order valence-electron chi connectivity index (χ0n) is 20.8. The molecule has 12 heteroatoms. The number of sulfonamides is 1. The van der Waals surface area contributed by atoms with Crippen molar-refractivity contribution in [2.24, 2.45) is 5.10 Å². The van der Waals surface area contributed by atoms with Gasteiger partial charge >= 0.3 is 0 Å². The Morgan fingerprint density at radius 3 is 2.49 bits per heavy atom. The molecule has 4 aromatic rings. The third-order valence-corrected chi connectivity index (χ3v) is 8.46. The van der Waals surface area contributed by atoms with Crippen LogP contribution < -0.4 is 20.2 Å². The zero-order valence-corrected chi connectivity index (χ0v) is 22.5. The highest BCUT2D eigenvalue weighted by molar-refractivity contribution is 7.99. The number of nitro benzene ring substituents is 1. The number of fused-ring (bicyclic) bond motifs is 2. The number of rotatable bonds is 8. The number of hydrogen-bond donors (Lipinski definition) is 3. The third-order valence-electron chi connectivity index (χ3n) is 5.95. The van der Waals surface area contributed by atoms with E-state index in [2.05, 4.69) is 26.6 Å². The summed E-state index contributed by atoms with van der Waals surface area (Å²) in [5.41, 5.74) is 5.92. The smallest absolute Gasteiger partial charge is 0.295 e. The summed E-state index contributed by atoms with van der Waals surface area (Å²) in [6, 6.07) is 24.0. The van der Waals surface area contributed by atoms with Gasteiger partial charge in [-0.15, -0.1) is 0 Å². The van der Waals surface area contributed by atoms with Gasteiger partial charge in [0.05, 0.1) is 39.7 Å². The van der Waals surface area contributed by atoms with Gasteiger partial charge in [-0.2, -0.15) is 5.10 Å². The molecule has 198 valence electrons. The van der Waals surface area contributed by atoms with Crippen LogP contribution in [0.2, 0.25) is 0 Å². The van der Waals surface area contributed by atoms with E-state index in [1.807, 2.05) is 36.4 Å². The molecule has 4 aromatic carbocycles. The number of para-hydroxylation sites is 3. The molecule has 3 N–H and O–H groups in total. The van der Waals surface area contributed by atoms with Crippen LogP contribution in [-0.2, 0) is 10.0 Å². The van der Waals surface area contributed by atoms with Crippen molar-refractivity contribution in [3.05, 3.63) is 101 Å². The Hall–Kier alpha value is -4.55. The maximum absolute atomic E-state index is 13.0. The number of methoxy groups -OCH3 is 1. The van der Waals surface area contributed by atoms with Crippen molar-refractivity contribution in [2.75, 3.05) is 22.6 Å². The molecule has 0 atom stereocenters. The lowest BCUT2D eigenvalue weighted by molar-refractivity contribution is -0.384. The highest BCUT2D eigenvalue weighted by Gasteiger charge is 2.23. The first kappa shape index (κ1) is 26.1. The number of hydrazone groups is 1. The molecule has 0 aromatic heterocycles. The van der Waals surface area contributed by atoms with Crippen molar-refractivity contribution >= 4 is 55.9 Å². The van der Waals surface area contributed by atoms with E-state index in [0.29, 0.717) is 11.5 Å². The van der Waals surface area contributed by atoms with Crippen LogP contribution in [0.4, 0.5) is 28.4 Å². The Bertz CT molecular complexity index is 1720. The lowest BCUT2D eigenvalue weighted by Gasteiger charge is -2.21. The lowest BCUT2D eigenvalue weighted by Crippen LogP contribution is -2.14. The summed E-state index contributed by atoms with van der Waals surface area (Å²) in [4.78, 5) is 13.1. The molecule has 1 heterocycles. The van der Waals surface area contributed by atoms with Crippen molar-refractivity contribution in [3.63, 3.8) is 0 Å². The monoisotopic (exact) mass is 561 g/mol. The van der Waals surface area contributed by atoms with Gasteiger partial charge in [-0.25, -0.2) is 8.42 Å². The summed E-state index contributed by atoms with van der Waals surface area (Å²) in [5, 5.41) is 19.6. The topological polar surface area (TPSA) is 135 Å². The minimum absolute atomic E-state index is 0.0520. The second kappa shape index (κ2) is 10.7. The molecule has 39 heavy (non-hydrogen) atoms. The normalized spacial score (nSPS) is 12.5. The summed E-state index contributed by atoms with van der Waals surface area (Å²) in [7, 11) is -2.71. The average Bonchev–Trinajstić information content (AvgIpc) is 2.94. The molecule has 10 nitrogen and oxygen atoms in total. The van der Waals surface area contributed by atoms with E-state index in [1.54, 1.807) is 36.9 Å². The first-order valence-electron chi connectivity index (χ1n) is 11.7. The molecule has 0 aliphatic carbocycles. The van der Waals surface area contributed by atoms with Crippen molar-refractivity contribution in [3.8, 4) is 5.75 Å². The van der Waals surface area contributed by atoms with Crippen LogP contribution in [0.1, 0.15) is 12.5 Å². The average molecular weight is 562 g/mol. The van der Waals surface area contributed by atoms with E-state index in [4.69, 9.17) is 4.74 Å². The summed E-state index contributed by atoms with van der Waals surface area (Å²) in [6.07, 6.45) is 0. The van der Waals surface area contributed by atoms with E-state index < -0.39 is 20.6 Å². The highest BCUT2D eigenvalue weighted by Crippen LogP contribution is 2.44. The lowest BCUT2D eigenvalue weighted by atomic mass is 10.1. The Morgan fingerprint density at radius 1 is 0.949 bits per heavy atom. The third kappa shape index (κ3) is 5.52. The van der Waals surface area contributed by atoms with Gasteiger partial charge in [0.15, 0.2) is 0 Å². The molecule has 0 radical (unpaired) electrons. The standard InChI is InChI=1S/C27H23N5O5S2/c1-17(18-11-14-27-23(15-18)28-22-8-4-6-10-26(22)38-27)29-30-20-13-12-19(16-24(20)32(33)34)39(35,36)31-21-7-3-5-9-25(21)37-2/h3-16,28,30-31H,1-2H3/b29-17-. The fourth-order valence-corrected chi connectivity index (χ4v) is 5.99. The molecule has 0 bridgehead atoms. The van der Waals surface area contributed by atoms with Crippen LogP contribution in [0, 0.1) is 10.1 Å². The predicted molar refractivity (Wildman–Crippen MR) is 153 cm³/mol. The Labute approximate surface area is 229 Å². The minimum atomic E-state index is -4.13. The molecule has 1 aliphatic heterocycles. The van der Waals surface area contributed by atoms with Crippen molar-refractivity contribution in [1.29, 1.82) is 0 Å². The van der Waals surface area contributed by atoms with Gasteiger partial charge in [0, 0.05) is 15.9 Å². The van der Waals surface area contributed by atoms with Crippen molar-refractivity contribution in [2.45, 2.75) is 21.6 Å². The number of ether oxygens (including phenoxy) is 1. The van der Waals surface area contributed by atoms with E-state index in [1.165, 1.54) is 25.3 Å². The molecular formula is C27H23N5O5S2. The van der Waals surface area contributed by atoms with Gasteiger partial charge in [-0.3, -0.25) is 20.3 Å². The fourth-order valence-electron chi connectivity index (χ4n) is 3.93. The first-order valence-corrected chi connectivity index (χ1v) is 14.0. The summed E-state index contributed by atoms with van der Waals surface area (Å²) in [5.74, 6) is 0.318. The van der Waals surface area contributed by atoms with Gasteiger partial charge in [-0.1, -0.05) is 42.1 Å². The highest BCUT2D eigenvalue weighted by atomic mass is 32.2. The molecule has 0 fully saturated rings. The SMILES string of the molecule is COc1ccccc1NS(=O)(=O)c1ccc(N/N=C(/C)c2ccc3c(c2)Nc2ccccc2S3)c([N+](=O)[O-])c1. The summed E-state index contributed by atoms with van der Waals surface area (Å²) in [6.45, 7) is 1.78. The van der Waals surface area contributed by atoms with E-state index >= 15 is 0 Å². The number of nitrogens with one attached hydrogen (secondary N) is 3. The van der Waals surface area contributed by atoms with Gasteiger partial charge in [0.2, 0.25) is 0 Å². The van der Waals surface area contributed by atoms with Gasteiger partial charge < -0.3 is 10.1 Å². The Morgan fingerprint density at radius 2 is 1.69 bits per heavy atom. The molecule has 0 saturated heterocycles. The number of nitrogens with zero attached hydrogens (tertiary/aromatic N) is 2. The van der Waals surface area contributed by atoms with E-state index in [-0.39, 0.29) is 16.3 Å². The molecule has 0 spiro atoms. The number of benzene rings is 4. The number of hydrogen-bond acceptors (Lipinski definition) is 9. The van der Waals surface area contributed by atoms with Crippen LogP contribution in [0.3, 0.4) is 0 Å². The Balaban J connectivity index is 1.37. The molecule has 0 amide bonds. The van der Waals surface area contributed by atoms with Crippen LogP contribution >= 0.6 is 11.8 Å². The largest absolute Gasteiger partial charge is 0.495 e. The molecule has 0 unspecified atom stereocenters. The molecule has 1 aliphatic rings. The van der Waals surface area contributed by atoms with Crippen molar-refractivity contribution < 1.29 is 18.1 Å². The number of nitro groups is 1. The maximum Gasteiger partial charge on any atom is 0.295 e. The summed E-state index contributed by atoms with van der Waals surface area (Å²) < 4.78 is 33.5. The van der Waals surface area contributed by atoms with Crippen molar-refractivity contribution in [1.82, 2.24) is 0 Å². The van der Waals surface area contributed by atoms with E-state index in [0.717, 1.165) is 32.8 Å². The van der Waals surface area contributed by atoms with Crippen LogP contribution in [0.15, 0.2) is 105 Å². The van der Waals surface area contributed by atoms with Crippen LogP contribution in [0.25, 0.3) is 0 Å². The quantitative estimate of drug-likeness (QED) is 0.112. The van der Waals surface area contributed by atoms with Crippen LogP contribution in [-0.4, -0.2) is 26.2 Å². The van der Waals surface area contributed by atoms with Gasteiger partial charge in [0.1, 0.15) is 11.4 Å². The predicted octanol–water partition coefficient (Wildman–Crippen LogP) is 6.45. The first-order chi connectivity index (χ1) is 18.7. The van der Waals surface area contributed by atoms with Gasteiger partial charge in [-0.05, 0) is 61.0 Å². The number of anilines is 4. The molecular weight excluding hydrogens is 538 g/mol. The molecule has 5 rings (SSSR count). The van der Waals surface area contributed by atoms with Gasteiger partial charge in [0.25, 0.3) is 15.7 Å². The molecule has 0 saturated carbocycles. The zero-order chi connectivity index (χ0) is 27.6. The second-order valence-corrected chi connectivity index (χ2v) is 11.3. The fraction of sp³-hybridized carbons (Fsp3) is 0.0741. The maximum atomic E-state index is 13.0.